The van der Waals surface area contributed by atoms with Crippen molar-refractivity contribution >= 4 is 11.8 Å². The predicted molar refractivity (Wildman–Crippen MR) is 65.4 cm³/mol. The Kier molecular flexibility index (Phi) is 3.15. The molecule has 2 rings (SSSR count). The van der Waals surface area contributed by atoms with E-state index < -0.39 is 0 Å². The molecule has 0 aromatic carbocycles. The molecule has 0 radical (unpaired) electrons. The zero-order valence-corrected chi connectivity index (χ0v) is 11.0. The SMILES string of the molecule is CC(C)(C)N1C[C@H](C(=O)N2CCCC2)CC1=O. The van der Waals surface area contributed by atoms with Crippen LogP contribution in [0.5, 0.6) is 0 Å². The summed E-state index contributed by atoms with van der Waals surface area (Å²) >= 11 is 0. The van der Waals surface area contributed by atoms with Crippen molar-refractivity contribution in [3.8, 4) is 0 Å². The van der Waals surface area contributed by atoms with Gasteiger partial charge in [0.2, 0.25) is 11.8 Å². The summed E-state index contributed by atoms with van der Waals surface area (Å²) in [4.78, 5) is 27.9. The van der Waals surface area contributed by atoms with Crippen LogP contribution in [0.1, 0.15) is 40.0 Å². The molecule has 0 unspecified atom stereocenters. The van der Waals surface area contributed by atoms with Gasteiger partial charge in [-0.2, -0.15) is 0 Å². The van der Waals surface area contributed by atoms with Gasteiger partial charge in [0.15, 0.2) is 0 Å². The normalized spacial score (nSPS) is 25.8. The van der Waals surface area contributed by atoms with E-state index >= 15 is 0 Å². The standard InChI is InChI=1S/C13H22N2O2/c1-13(2,3)15-9-10(8-11(15)16)12(17)14-6-4-5-7-14/h10H,4-9H2,1-3H3/t10-/m1/s1. The average molecular weight is 238 g/mol. The maximum Gasteiger partial charge on any atom is 0.227 e. The smallest absolute Gasteiger partial charge is 0.227 e. The fourth-order valence-electron chi connectivity index (χ4n) is 2.72. The predicted octanol–water partition coefficient (Wildman–Crippen LogP) is 1.26. The zero-order valence-electron chi connectivity index (χ0n) is 11.0. The number of likely N-dealkylation sites (tertiary alicyclic amines) is 2. The highest BCUT2D eigenvalue weighted by atomic mass is 16.2. The quantitative estimate of drug-likeness (QED) is 0.690. The van der Waals surface area contributed by atoms with Crippen LogP contribution in [0, 0.1) is 5.92 Å². The van der Waals surface area contributed by atoms with Crippen molar-refractivity contribution in [3.05, 3.63) is 0 Å². The molecule has 4 nitrogen and oxygen atoms in total. The summed E-state index contributed by atoms with van der Waals surface area (Å²) in [5.41, 5.74) is -0.170. The second-order valence-corrected chi connectivity index (χ2v) is 6.11. The van der Waals surface area contributed by atoms with Crippen molar-refractivity contribution in [1.82, 2.24) is 9.80 Å². The Morgan fingerprint density at radius 2 is 1.82 bits per heavy atom. The van der Waals surface area contributed by atoms with Gasteiger partial charge in [-0.3, -0.25) is 9.59 Å². The van der Waals surface area contributed by atoms with Crippen LogP contribution >= 0.6 is 0 Å². The van der Waals surface area contributed by atoms with Gasteiger partial charge < -0.3 is 9.80 Å². The molecule has 2 fully saturated rings. The summed E-state index contributed by atoms with van der Waals surface area (Å²) in [7, 11) is 0. The van der Waals surface area contributed by atoms with Gasteiger partial charge >= 0.3 is 0 Å². The molecule has 0 N–H and O–H groups in total. The Morgan fingerprint density at radius 1 is 1.24 bits per heavy atom. The number of carbonyl (C=O) groups is 2. The van der Waals surface area contributed by atoms with Crippen LogP contribution < -0.4 is 0 Å². The lowest BCUT2D eigenvalue weighted by atomic mass is 10.1. The number of hydrogen-bond donors (Lipinski definition) is 0. The molecule has 2 amide bonds. The third kappa shape index (κ3) is 2.45. The molecule has 0 saturated carbocycles. The summed E-state index contributed by atoms with van der Waals surface area (Å²) in [6.45, 7) is 8.41. The van der Waals surface area contributed by atoms with Gasteiger partial charge in [0, 0.05) is 31.6 Å². The molecular weight excluding hydrogens is 216 g/mol. The number of carbonyl (C=O) groups excluding carboxylic acids is 2. The first-order chi connectivity index (χ1) is 7.89. The highest BCUT2D eigenvalue weighted by Crippen LogP contribution is 2.27. The van der Waals surface area contributed by atoms with E-state index in [1.54, 1.807) is 0 Å². The van der Waals surface area contributed by atoms with Gasteiger partial charge in [-0.1, -0.05) is 0 Å². The van der Waals surface area contributed by atoms with Gasteiger partial charge in [0.05, 0.1) is 5.92 Å². The molecule has 96 valence electrons. The summed E-state index contributed by atoms with van der Waals surface area (Å²) < 4.78 is 0. The van der Waals surface area contributed by atoms with Gasteiger partial charge in [-0.15, -0.1) is 0 Å². The van der Waals surface area contributed by atoms with Gasteiger partial charge in [-0.25, -0.2) is 0 Å². The molecular formula is C13H22N2O2. The first kappa shape index (κ1) is 12.4. The number of rotatable bonds is 1. The van der Waals surface area contributed by atoms with E-state index in [0.717, 1.165) is 25.9 Å². The van der Waals surface area contributed by atoms with Gasteiger partial charge in [-0.05, 0) is 33.6 Å². The minimum atomic E-state index is -0.170. The summed E-state index contributed by atoms with van der Waals surface area (Å²) in [6, 6.07) is 0. The van der Waals surface area contributed by atoms with Crippen molar-refractivity contribution < 1.29 is 9.59 Å². The van der Waals surface area contributed by atoms with Gasteiger partial charge in [0.1, 0.15) is 0 Å². The monoisotopic (exact) mass is 238 g/mol. The Bertz CT molecular complexity index is 327. The van der Waals surface area contributed by atoms with E-state index in [0.29, 0.717) is 13.0 Å². The largest absolute Gasteiger partial charge is 0.342 e. The van der Waals surface area contributed by atoms with Crippen molar-refractivity contribution in [2.24, 2.45) is 5.92 Å². The molecule has 2 aliphatic heterocycles. The fraction of sp³-hybridized carbons (Fsp3) is 0.846. The molecule has 0 aromatic heterocycles. The lowest BCUT2D eigenvalue weighted by molar-refractivity contribution is -0.135. The minimum Gasteiger partial charge on any atom is -0.342 e. The molecule has 0 aliphatic carbocycles. The molecule has 2 heterocycles. The highest BCUT2D eigenvalue weighted by molar-refractivity contribution is 5.89. The second-order valence-electron chi connectivity index (χ2n) is 6.11. The molecule has 0 spiro atoms. The maximum absolute atomic E-state index is 12.2. The van der Waals surface area contributed by atoms with E-state index in [1.165, 1.54) is 0 Å². The summed E-state index contributed by atoms with van der Waals surface area (Å²) in [6.07, 6.45) is 2.61. The molecule has 0 aromatic rings. The molecule has 1 atom stereocenters. The first-order valence-corrected chi connectivity index (χ1v) is 6.49. The van der Waals surface area contributed by atoms with E-state index in [4.69, 9.17) is 0 Å². The van der Waals surface area contributed by atoms with Crippen molar-refractivity contribution in [2.75, 3.05) is 19.6 Å². The lowest BCUT2D eigenvalue weighted by Gasteiger charge is -2.32. The molecule has 2 aliphatic rings. The molecule has 0 bridgehead atoms. The zero-order chi connectivity index (χ0) is 12.6. The first-order valence-electron chi connectivity index (χ1n) is 6.49. The lowest BCUT2D eigenvalue weighted by Crippen LogP contribution is -2.43. The van der Waals surface area contributed by atoms with Crippen LogP contribution in [0.25, 0.3) is 0 Å². The van der Waals surface area contributed by atoms with Crippen LogP contribution in [-0.2, 0) is 9.59 Å². The average Bonchev–Trinajstić information content (AvgIpc) is 2.83. The van der Waals surface area contributed by atoms with Crippen LogP contribution in [0.3, 0.4) is 0 Å². The van der Waals surface area contributed by atoms with Crippen molar-refractivity contribution in [2.45, 2.75) is 45.6 Å². The third-order valence-electron chi connectivity index (χ3n) is 3.70. The van der Waals surface area contributed by atoms with E-state index in [9.17, 15) is 9.59 Å². The third-order valence-corrected chi connectivity index (χ3v) is 3.70. The number of nitrogens with zero attached hydrogens (tertiary/aromatic N) is 2. The van der Waals surface area contributed by atoms with Crippen molar-refractivity contribution in [3.63, 3.8) is 0 Å². The van der Waals surface area contributed by atoms with Crippen LogP contribution in [0.15, 0.2) is 0 Å². The Morgan fingerprint density at radius 3 is 2.29 bits per heavy atom. The molecule has 4 heteroatoms. The van der Waals surface area contributed by atoms with Crippen molar-refractivity contribution in [1.29, 1.82) is 0 Å². The van der Waals surface area contributed by atoms with E-state index in [2.05, 4.69) is 0 Å². The second kappa shape index (κ2) is 4.31. The highest BCUT2D eigenvalue weighted by Gasteiger charge is 2.41. The Balaban J connectivity index is 2.01. The van der Waals surface area contributed by atoms with E-state index in [1.807, 2.05) is 30.6 Å². The summed E-state index contributed by atoms with van der Waals surface area (Å²) in [5, 5.41) is 0. The molecule has 2 saturated heterocycles. The van der Waals surface area contributed by atoms with Crippen LogP contribution in [0.4, 0.5) is 0 Å². The van der Waals surface area contributed by atoms with Gasteiger partial charge in [0.25, 0.3) is 0 Å². The topological polar surface area (TPSA) is 40.6 Å². The Hall–Kier alpha value is -1.06. The van der Waals surface area contributed by atoms with Crippen LogP contribution in [-0.4, -0.2) is 46.8 Å². The Labute approximate surface area is 103 Å². The van der Waals surface area contributed by atoms with E-state index in [-0.39, 0.29) is 23.3 Å². The minimum absolute atomic E-state index is 0.111. The number of amides is 2. The van der Waals surface area contributed by atoms with Crippen LogP contribution in [0.2, 0.25) is 0 Å². The summed E-state index contributed by atoms with van der Waals surface area (Å²) in [5.74, 6) is 0.192. The maximum atomic E-state index is 12.2. The molecule has 17 heavy (non-hydrogen) atoms. The number of hydrogen-bond acceptors (Lipinski definition) is 2. The fourth-order valence-corrected chi connectivity index (χ4v) is 2.72.